The lowest BCUT2D eigenvalue weighted by atomic mass is 10.2. The Kier molecular flexibility index (Phi) is 5.87. The summed E-state index contributed by atoms with van der Waals surface area (Å²) in [6.45, 7) is 1.80. The fourth-order valence-electron chi connectivity index (χ4n) is 1.28. The Balaban J connectivity index is 2.66. The van der Waals surface area contributed by atoms with Crippen LogP contribution in [0.4, 0.5) is 5.95 Å². The molecule has 0 saturated carbocycles. The first-order chi connectivity index (χ1) is 8.56. The van der Waals surface area contributed by atoms with Crippen LogP contribution < -0.4 is 15.8 Å². The molecular weight excluding hydrogens is 252 g/mol. The quantitative estimate of drug-likeness (QED) is 0.795. The van der Waals surface area contributed by atoms with Crippen molar-refractivity contribution < 1.29 is 9.53 Å². The molecule has 0 bridgehead atoms. The summed E-state index contributed by atoms with van der Waals surface area (Å²) in [5.41, 5.74) is 6.46. The van der Waals surface area contributed by atoms with Crippen LogP contribution in [0.5, 0.6) is 5.88 Å². The number of hydrogen-bond acceptors (Lipinski definition) is 6. The van der Waals surface area contributed by atoms with E-state index in [2.05, 4.69) is 15.3 Å². The first kappa shape index (κ1) is 14.7. The number of hydrogen-bond donors (Lipinski definition) is 2. The summed E-state index contributed by atoms with van der Waals surface area (Å²) in [7, 11) is 1.51. The molecule has 0 aliphatic carbocycles. The van der Waals surface area contributed by atoms with E-state index in [9.17, 15) is 4.79 Å². The van der Waals surface area contributed by atoms with Crippen molar-refractivity contribution in [3.8, 4) is 5.88 Å². The fraction of sp³-hybridized carbons (Fsp3) is 0.545. The molecule has 3 N–H and O–H groups in total. The first-order valence-electron chi connectivity index (χ1n) is 5.52. The average molecular weight is 270 g/mol. The first-order valence-corrected chi connectivity index (χ1v) is 6.91. The molecule has 1 amide bonds. The number of rotatable bonds is 6. The van der Waals surface area contributed by atoms with Crippen LogP contribution in [-0.2, 0) is 4.79 Å². The zero-order valence-corrected chi connectivity index (χ0v) is 11.6. The standard InChI is InChI=1S/C11H18N4O2S/c1-7-6-9(17-2)14-11(13-7)15-10(16)8(12)4-5-18-3/h6,8H,4-5,12H2,1-3H3,(H,13,14,15,16)/t8-/m0/s1. The molecule has 1 aromatic heterocycles. The van der Waals surface area contributed by atoms with Crippen LogP contribution in [0.2, 0.25) is 0 Å². The number of anilines is 1. The minimum atomic E-state index is -0.549. The van der Waals surface area contributed by atoms with Crippen molar-refractivity contribution in [3.63, 3.8) is 0 Å². The molecule has 1 aromatic rings. The van der Waals surface area contributed by atoms with Gasteiger partial charge in [0.25, 0.3) is 0 Å². The highest BCUT2D eigenvalue weighted by molar-refractivity contribution is 7.98. The monoisotopic (exact) mass is 270 g/mol. The largest absolute Gasteiger partial charge is 0.481 e. The maximum atomic E-state index is 11.8. The molecule has 0 saturated heterocycles. The van der Waals surface area contributed by atoms with Crippen LogP contribution in [-0.4, -0.2) is 41.0 Å². The Morgan fingerprint density at radius 1 is 1.61 bits per heavy atom. The lowest BCUT2D eigenvalue weighted by Crippen LogP contribution is -2.36. The lowest BCUT2D eigenvalue weighted by Gasteiger charge is -2.11. The number of thioether (sulfide) groups is 1. The molecule has 6 nitrogen and oxygen atoms in total. The number of methoxy groups -OCH3 is 1. The van der Waals surface area contributed by atoms with Gasteiger partial charge in [0.1, 0.15) is 0 Å². The Morgan fingerprint density at radius 2 is 2.33 bits per heavy atom. The molecule has 0 aliphatic heterocycles. The van der Waals surface area contributed by atoms with Crippen molar-refractivity contribution in [3.05, 3.63) is 11.8 Å². The summed E-state index contributed by atoms with van der Waals surface area (Å²) in [5.74, 6) is 1.19. The van der Waals surface area contributed by atoms with Crippen molar-refractivity contribution in [1.82, 2.24) is 9.97 Å². The van der Waals surface area contributed by atoms with Crippen LogP contribution in [0.25, 0.3) is 0 Å². The average Bonchev–Trinajstić information content (AvgIpc) is 2.34. The molecule has 18 heavy (non-hydrogen) atoms. The summed E-state index contributed by atoms with van der Waals surface area (Å²) in [6, 6.07) is 1.14. The third kappa shape index (κ3) is 4.50. The van der Waals surface area contributed by atoms with Crippen LogP contribution in [0.1, 0.15) is 12.1 Å². The second-order valence-corrected chi connectivity index (χ2v) is 4.74. The van der Waals surface area contributed by atoms with Gasteiger partial charge in [0.15, 0.2) is 0 Å². The van der Waals surface area contributed by atoms with Crippen LogP contribution >= 0.6 is 11.8 Å². The minimum Gasteiger partial charge on any atom is -0.481 e. The summed E-state index contributed by atoms with van der Waals surface area (Å²) in [4.78, 5) is 19.9. The van der Waals surface area contributed by atoms with Gasteiger partial charge in [0, 0.05) is 11.8 Å². The Labute approximate surface area is 111 Å². The van der Waals surface area contributed by atoms with Gasteiger partial charge >= 0.3 is 0 Å². The number of carbonyl (C=O) groups is 1. The highest BCUT2D eigenvalue weighted by Crippen LogP contribution is 2.11. The molecule has 0 fully saturated rings. The second-order valence-electron chi connectivity index (χ2n) is 3.75. The van der Waals surface area contributed by atoms with E-state index in [0.717, 1.165) is 11.4 Å². The van der Waals surface area contributed by atoms with Crippen molar-refractivity contribution >= 4 is 23.6 Å². The number of aromatic nitrogens is 2. The predicted molar refractivity (Wildman–Crippen MR) is 72.9 cm³/mol. The van der Waals surface area contributed by atoms with Gasteiger partial charge < -0.3 is 10.5 Å². The molecule has 0 aliphatic rings. The molecule has 0 unspecified atom stereocenters. The van der Waals surface area contributed by atoms with Gasteiger partial charge in [-0.1, -0.05) is 0 Å². The topological polar surface area (TPSA) is 90.1 Å². The summed E-state index contributed by atoms with van der Waals surface area (Å²) in [6.07, 6.45) is 2.59. The van der Waals surface area contributed by atoms with Crippen molar-refractivity contribution in [2.45, 2.75) is 19.4 Å². The Hall–Kier alpha value is -1.34. The van der Waals surface area contributed by atoms with Gasteiger partial charge in [-0.3, -0.25) is 10.1 Å². The molecular formula is C11H18N4O2S. The van der Waals surface area contributed by atoms with Crippen molar-refractivity contribution in [1.29, 1.82) is 0 Å². The van der Waals surface area contributed by atoms with Crippen LogP contribution in [0.3, 0.4) is 0 Å². The van der Waals surface area contributed by atoms with E-state index in [1.54, 1.807) is 24.8 Å². The third-order valence-electron chi connectivity index (χ3n) is 2.24. The smallest absolute Gasteiger partial charge is 0.243 e. The fourth-order valence-corrected chi connectivity index (χ4v) is 1.77. The molecule has 1 rings (SSSR count). The van der Waals surface area contributed by atoms with E-state index in [1.165, 1.54) is 7.11 Å². The number of amides is 1. The molecule has 0 radical (unpaired) electrons. The van der Waals surface area contributed by atoms with Crippen molar-refractivity contribution in [2.75, 3.05) is 24.4 Å². The molecule has 1 heterocycles. The second kappa shape index (κ2) is 7.17. The maximum absolute atomic E-state index is 11.8. The van der Waals surface area contributed by atoms with E-state index in [1.807, 2.05) is 6.26 Å². The number of nitrogens with two attached hydrogens (primary N) is 1. The maximum Gasteiger partial charge on any atom is 0.243 e. The zero-order valence-electron chi connectivity index (χ0n) is 10.8. The molecule has 7 heteroatoms. The summed E-state index contributed by atoms with van der Waals surface area (Å²) < 4.78 is 5.01. The number of nitrogens with one attached hydrogen (secondary N) is 1. The van der Waals surface area contributed by atoms with E-state index < -0.39 is 6.04 Å². The van der Waals surface area contributed by atoms with Crippen LogP contribution in [0.15, 0.2) is 6.07 Å². The van der Waals surface area contributed by atoms with E-state index >= 15 is 0 Å². The van der Waals surface area contributed by atoms with Gasteiger partial charge in [-0.2, -0.15) is 16.7 Å². The van der Waals surface area contributed by atoms with Gasteiger partial charge in [0.05, 0.1) is 13.2 Å². The molecule has 0 spiro atoms. The summed E-state index contributed by atoms with van der Waals surface area (Å²) >= 11 is 1.65. The van der Waals surface area contributed by atoms with E-state index in [4.69, 9.17) is 10.5 Å². The molecule has 100 valence electrons. The van der Waals surface area contributed by atoms with E-state index in [-0.39, 0.29) is 11.9 Å². The zero-order chi connectivity index (χ0) is 13.5. The highest BCUT2D eigenvalue weighted by atomic mass is 32.2. The number of ether oxygens (including phenoxy) is 1. The number of nitrogens with zero attached hydrogens (tertiary/aromatic N) is 2. The third-order valence-corrected chi connectivity index (χ3v) is 2.89. The van der Waals surface area contributed by atoms with Gasteiger partial charge in [-0.05, 0) is 25.4 Å². The molecule has 0 aromatic carbocycles. The Bertz CT molecular complexity index is 414. The van der Waals surface area contributed by atoms with Gasteiger partial charge in [0.2, 0.25) is 17.7 Å². The van der Waals surface area contributed by atoms with Crippen molar-refractivity contribution in [2.24, 2.45) is 5.73 Å². The normalized spacial score (nSPS) is 12.0. The van der Waals surface area contributed by atoms with E-state index in [0.29, 0.717) is 12.3 Å². The highest BCUT2D eigenvalue weighted by Gasteiger charge is 2.14. The minimum absolute atomic E-state index is 0.219. The lowest BCUT2D eigenvalue weighted by molar-refractivity contribution is -0.117. The van der Waals surface area contributed by atoms with Gasteiger partial charge in [-0.15, -0.1) is 0 Å². The van der Waals surface area contributed by atoms with Crippen LogP contribution in [0, 0.1) is 6.92 Å². The molecule has 1 atom stereocenters. The van der Waals surface area contributed by atoms with Gasteiger partial charge in [-0.25, -0.2) is 4.98 Å². The number of aryl methyl sites for hydroxylation is 1. The summed E-state index contributed by atoms with van der Waals surface area (Å²) in [5, 5.41) is 2.59. The SMILES string of the molecule is COc1cc(C)nc(NC(=O)[C@@H](N)CCSC)n1. The predicted octanol–water partition coefficient (Wildman–Crippen LogP) is 0.813. The Morgan fingerprint density at radius 3 is 2.94 bits per heavy atom. The number of carbonyl (C=O) groups excluding carboxylic acids is 1.